The van der Waals surface area contributed by atoms with E-state index in [1.54, 1.807) is 0 Å². The summed E-state index contributed by atoms with van der Waals surface area (Å²) in [6.07, 6.45) is 2.25. The third-order valence-corrected chi connectivity index (χ3v) is 4.42. The summed E-state index contributed by atoms with van der Waals surface area (Å²) < 4.78 is 26.3. The average molecular weight is 294 g/mol. The van der Waals surface area contributed by atoms with Crippen molar-refractivity contribution in [1.29, 1.82) is 0 Å². The largest absolute Gasteiger partial charge is 0.383 e. The Morgan fingerprint density at radius 3 is 2.81 bits per heavy atom. The number of carbonyl (C=O) groups is 1. The van der Waals surface area contributed by atoms with Crippen molar-refractivity contribution in [2.75, 3.05) is 17.2 Å². The van der Waals surface area contributed by atoms with Gasteiger partial charge in [-0.1, -0.05) is 12.1 Å². The highest BCUT2D eigenvalue weighted by atomic mass is 19.3. The van der Waals surface area contributed by atoms with Crippen molar-refractivity contribution in [3.63, 3.8) is 0 Å². The lowest BCUT2D eigenvalue weighted by Crippen LogP contribution is -2.32. The minimum atomic E-state index is -2.59. The van der Waals surface area contributed by atoms with Crippen LogP contribution in [0.3, 0.4) is 0 Å². The SMILES string of the molecule is O=C(Nc1cccc2c1NCCC2)C1CCC(F)(F)CC1. The van der Waals surface area contributed by atoms with Crippen molar-refractivity contribution in [2.45, 2.75) is 44.4 Å². The van der Waals surface area contributed by atoms with Crippen molar-refractivity contribution in [2.24, 2.45) is 5.92 Å². The fourth-order valence-corrected chi connectivity index (χ4v) is 3.15. The molecule has 21 heavy (non-hydrogen) atoms. The Bertz CT molecular complexity index is 535. The number of hydrogen-bond donors (Lipinski definition) is 2. The van der Waals surface area contributed by atoms with Gasteiger partial charge in [0, 0.05) is 25.3 Å². The molecule has 2 aliphatic rings. The van der Waals surface area contributed by atoms with Gasteiger partial charge in [-0.05, 0) is 37.3 Å². The second kappa shape index (κ2) is 5.62. The zero-order chi connectivity index (χ0) is 14.9. The Morgan fingerprint density at radius 1 is 1.29 bits per heavy atom. The normalized spacial score (nSPS) is 21.2. The van der Waals surface area contributed by atoms with Crippen LogP contribution in [0.5, 0.6) is 0 Å². The van der Waals surface area contributed by atoms with Crippen LogP contribution in [0, 0.1) is 5.92 Å². The third kappa shape index (κ3) is 3.17. The summed E-state index contributed by atoms with van der Waals surface area (Å²) in [7, 11) is 0. The van der Waals surface area contributed by atoms with Crippen LogP contribution >= 0.6 is 0 Å². The van der Waals surface area contributed by atoms with E-state index in [0.29, 0.717) is 0 Å². The Hall–Kier alpha value is -1.65. The van der Waals surface area contributed by atoms with Crippen LogP contribution in [0.2, 0.25) is 0 Å². The van der Waals surface area contributed by atoms with E-state index in [0.717, 1.165) is 30.8 Å². The van der Waals surface area contributed by atoms with Gasteiger partial charge >= 0.3 is 0 Å². The molecular formula is C16H20F2N2O. The topological polar surface area (TPSA) is 41.1 Å². The molecule has 114 valence electrons. The van der Waals surface area contributed by atoms with Crippen LogP contribution in [-0.4, -0.2) is 18.4 Å². The smallest absolute Gasteiger partial charge is 0.248 e. The summed E-state index contributed by atoms with van der Waals surface area (Å²) in [5, 5.41) is 6.24. The van der Waals surface area contributed by atoms with Gasteiger partial charge in [0.15, 0.2) is 0 Å². The molecule has 1 amide bonds. The average Bonchev–Trinajstić information content (AvgIpc) is 2.47. The third-order valence-electron chi connectivity index (χ3n) is 4.42. The van der Waals surface area contributed by atoms with E-state index in [-0.39, 0.29) is 37.5 Å². The highest BCUT2D eigenvalue weighted by Crippen LogP contribution is 2.37. The molecule has 0 aromatic heterocycles. The van der Waals surface area contributed by atoms with E-state index in [1.165, 1.54) is 5.56 Å². The number of nitrogens with one attached hydrogen (secondary N) is 2. The fourth-order valence-electron chi connectivity index (χ4n) is 3.15. The summed E-state index contributed by atoms with van der Waals surface area (Å²) >= 11 is 0. The summed E-state index contributed by atoms with van der Waals surface area (Å²) in [6.45, 7) is 0.898. The maximum Gasteiger partial charge on any atom is 0.248 e. The van der Waals surface area contributed by atoms with Crippen molar-refractivity contribution in [3.05, 3.63) is 23.8 Å². The van der Waals surface area contributed by atoms with Gasteiger partial charge in [0.1, 0.15) is 0 Å². The maximum absolute atomic E-state index is 13.2. The number of hydrogen-bond acceptors (Lipinski definition) is 2. The number of halogens is 2. The molecule has 1 aliphatic heterocycles. The predicted octanol–water partition coefficient (Wildman–Crippen LogP) is 3.81. The number of carbonyl (C=O) groups excluding carboxylic acids is 1. The number of fused-ring (bicyclic) bond motifs is 1. The van der Waals surface area contributed by atoms with Gasteiger partial charge in [0.25, 0.3) is 0 Å². The number of para-hydroxylation sites is 1. The van der Waals surface area contributed by atoms with Crippen LogP contribution < -0.4 is 10.6 Å². The van der Waals surface area contributed by atoms with Crippen LogP contribution in [0.1, 0.15) is 37.7 Å². The lowest BCUT2D eigenvalue weighted by molar-refractivity contribution is -0.124. The summed E-state index contributed by atoms with van der Waals surface area (Å²) in [6, 6.07) is 5.85. The second-order valence-corrected chi connectivity index (χ2v) is 5.99. The van der Waals surface area contributed by atoms with Crippen LogP contribution in [0.15, 0.2) is 18.2 Å². The Balaban J connectivity index is 1.68. The fraction of sp³-hybridized carbons (Fsp3) is 0.562. The van der Waals surface area contributed by atoms with Gasteiger partial charge < -0.3 is 10.6 Å². The summed E-state index contributed by atoms with van der Waals surface area (Å²) in [5.74, 6) is -3.03. The Morgan fingerprint density at radius 2 is 2.05 bits per heavy atom. The molecule has 1 aromatic rings. The van der Waals surface area contributed by atoms with E-state index in [1.807, 2.05) is 12.1 Å². The first-order valence-corrected chi connectivity index (χ1v) is 7.60. The van der Waals surface area contributed by atoms with Crippen molar-refractivity contribution >= 4 is 17.3 Å². The molecule has 0 spiro atoms. The Labute approximate surface area is 123 Å². The first kappa shape index (κ1) is 14.3. The molecule has 1 heterocycles. The highest BCUT2D eigenvalue weighted by molar-refractivity contribution is 5.96. The molecule has 5 heteroatoms. The quantitative estimate of drug-likeness (QED) is 0.871. The van der Waals surface area contributed by atoms with Gasteiger partial charge in [0.2, 0.25) is 11.8 Å². The molecule has 3 rings (SSSR count). The zero-order valence-electron chi connectivity index (χ0n) is 11.9. The molecule has 3 nitrogen and oxygen atoms in total. The van der Waals surface area contributed by atoms with E-state index in [9.17, 15) is 13.6 Å². The van der Waals surface area contributed by atoms with E-state index >= 15 is 0 Å². The minimum absolute atomic E-state index is 0.133. The molecular weight excluding hydrogens is 274 g/mol. The number of anilines is 2. The maximum atomic E-state index is 13.2. The minimum Gasteiger partial charge on any atom is -0.383 e. The molecule has 0 atom stereocenters. The second-order valence-electron chi connectivity index (χ2n) is 5.99. The van der Waals surface area contributed by atoms with E-state index in [4.69, 9.17) is 0 Å². The van der Waals surface area contributed by atoms with Gasteiger partial charge in [-0.25, -0.2) is 8.78 Å². The first-order valence-electron chi connectivity index (χ1n) is 7.60. The molecule has 0 radical (unpaired) electrons. The molecule has 1 aromatic carbocycles. The Kier molecular flexibility index (Phi) is 3.83. The van der Waals surface area contributed by atoms with Crippen molar-refractivity contribution in [1.82, 2.24) is 0 Å². The lowest BCUT2D eigenvalue weighted by atomic mass is 9.86. The molecule has 1 fully saturated rings. The van der Waals surface area contributed by atoms with Gasteiger partial charge in [-0.15, -0.1) is 0 Å². The van der Waals surface area contributed by atoms with E-state index in [2.05, 4.69) is 16.7 Å². The van der Waals surface area contributed by atoms with Crippen LogP contribution in [-0.2, 0) is 11.2 Å². The van der Waals surface area contributed by atoms with Crippen LogP contribution in [0.25, 0.3) is 0 Å². The number of rotatable bonds is 2. The molecule has 1 aliphatic carbocycles. The lowest BCUT2D eigenvalue weighted by Gasteiger charge is -2.28. The standard InChI is InChI=1S/C16H20F2N2O/c17-16(18)8-6-12(7-9-16)15(21)20-13-5-1-3-11-4-2-10-19-14(11)13/h1,3,5,12,19H,2,4,6-10H2,(H,20,21). The monoisotopic (exact) mass is 294 g/mol. The summed E-state index contributed by atoms with van der Waals surface area (Å²) in [5.41, 5.74) is 2.96. The van der Waals surface area contributed by atoms with Crippen molar-refractivity contribution < 1.29 is 13.6 Å². The number of amides is 1. The zero-order valence-corrected chi connectivity index (χ0v) is 11.9. The van der Waals surface area contributed by atoms with Gasteiger partial charge in [-0.2, -0.15) is 0 Å². The molecule has 0 bridgehead atoms. The van der Waals surface area contributed by atoms with Crippen LogP contribution in [0.4, 0.5) is 20.2 Å². The number of alkyl halides is 2. The van der Waals surface area contributed by atoms with Gasteiger partial charge in [-0.3, -0.25) is 4.79 Å². The van der Waals surface area contributed by atoms with Gasteiger partial charge in [0.05, 0.1) is 11.4 Å². The molecule has 0 saturated heterocycles. The predicted molar refractivity (Wildman–Crippen MR) is 78.8 cm³/mol. The molecule has 2 N–H and O–H groups in total. The number of benzene rings is 1. The highest BCUT2D eigenvalue weighted by Gasteiger charge is 2.37. The van der Waals surface area contributed by atoms with Crippen molar-refractivity contribution in [3.8, 4) is 0 Å². The summed E-state index contributed by atoms with van der Waals surface area (Å²) in [4.78, 5) is 12.3. The first-order chi connectivity index (χ1) is 10.1. The number of aryl methyl sites for hydroxylation is 1. The van der Waals surface area contributed by atoms with E-state index < -0.39 is 5.92 Å². The molecule has 1 saturated carbocycles. The molecule has 0 unspecified atom stereocenters.